The van der Waals surface area contributed by atoms with Gasteiger partial charge >= 0.3 is 5.51 Å². The summed E-state index contributed by atoms with van der Waals surface area (Å²) >= 11 is 0. The zero-order chi connectivity index (χ0) is 17.7. The van der Waals surface area contributed by atoms with E-state index >= 15 is 0 Å². The summed E-state index contributed by atoms with van der Waals surface area (Å²) in [6.07, 6.45) is 2.82. The number of carbonyl (C=O) groups excluding carboxylic acids is 1. The van der Waals surface area contributed by atoms with Crippen LogP contribution in [-0.2, 0) is 15.6 Å². The van der Waals surface area contributed by atoms with Crippen molar-refractivity contribution in [3.63, 3.8) is 0 Å². The summed E-state index contributed by atoms with van der Waals surface area (Å²) in [6.45, 7) is 4.11. The number of hydrogen-bond acceptors (Lipinski definition) is 3. The quantitative estimate of drug-likeness (QED) is 0.813. The second-order valence-electron chi connectivity index (χ2n) is 6.26. The largest absolute Gasteiger partial charge is 0.483 e. The molecule has 0 bridgehead atoms. The standard InChI is InChI=1S/C16H16F3NO3S/c1-15(2)9-12(20-7-3-4-14(20)21)11-8-10(5-6-13(11)23-15)24(22)16(17,18)19/h5-6,8-9H,3-4,7H2,1-2H3. The summed E-state index contributed by atoms with van der Waals surface area (Å²) in [4.78, 5) is 13.3. The summed E-state index contributed by atoms with van der Waals surface area (Å²) in [5.74, 6) is 0.298. The average molecular weight is 359 g/mol. The molecule has 2 aliphatic heterocycles. The van der Waals surface area contributed by atoms with Gasteiger partial charge < -0.3 is 9.64 Å². The lowest BCUT2D eigenvalue weighted by Gasteiger charge is -2.34. The third-order valence-electron chi connectivity index (χ3n) is 3.87. The molecule has 130 valence electrons. The SMILES string of the molecule is CC1(C)C=C(N2CCCC2=O)c2cc(S(=O)C(F)(F)F)ccc2O1. The van der Waals surface area contributed by atoms with E-state index in [1.807, 2.05) is 0 Å². The lowest BCUT2D eigenvalue weighted by atomic mass is 9.98. The van der Waals surface area contributed by atoms with Crippen molar-refractivity contribution in [2.24, 2.45) is 0 Å². The number of carbonyl (C=O) groups is 1. The van der Waals surface area contributed by atoms with Crippen molar-refractivity contribution in [2.45, 2.75) is 42.7 Å². The predicted molar refractivity (Wildman–Crippen MR) is 82.5 cm³/mol. The summed E-state index contributed by atoms with van der Waals surface area (Å²) in [5.41, 5.74) is -4.66. The van der Waals surface area contributed by atoms with Crippen LogP contribution < -0.4 is 4.74 Å². The van der Waals surface area contributed by atoms with Gasteiger partial charge in [0, 0.05) is 23.4 Å². The second-order valence-corrected chi connectivity index (χ2v) is 7.73. The van der Waals surface area contributed by atoms with E-state index in [-0.39, 0.29) is 10.8 Å². The van der Waals surface area contributed by atoms with Gasteiger partial charge in [-0.05, 0) is 44.5 Å². The van der Waals surface area contributed by atoms with Gasteiger partial charge in [-0.25, -0.2) is 4.21 Å². The number of likely N-dealkylation sites (tertiary alicyclic amines) is 1. The maximum atomic E-state index is 12.7. The van der Waals surface area contributed by atoms with Gasteiger partial charge in [-0.15, -0.1) is 0 Å². The van der Waals surface area contributed by atoms with E-state index in [1.165, 1.54) is 12.1 Å². The molecule has 2 aliphatic rings. The molecule has 0 radical (unpaired) electrons. The molecule has 1 atom stereocenters. The normalized spacial score (nSPS) is 21.1. The van der Waals surface area contributed by atoms with Crippen molar-refractivity contribution in [3.8, 4) is 5.75 Å². The van der Waals surface area contributed by atoms with Crippen molar-refractivity contribution in [1.29, 1.82) is 0 Å². The highest BCUT2D eigenvalue weighted by Crippen LogP contribution is 2.41. The molecule has 1 saturated heterocycles. The van der Waals surface area contributed by atoms with Gasteiger partial charge in [0.1, 0.15) is 11.4 Å². The molecule has 0 saturated carbocycles. The third kappa shape index (κ3) is 3.07. The lowest BCUT2D eigenvalue weighted by molar-refractivity contribution is -0.124. The fourth-order valence-electron chi connectivity index (χ4n) is 2.89. The van der Waals surface area contributed by atoms with Crippen molar-refractivity contribution >= 4 is 22.4 Å². The van der Waals surface area contributed by atoms with E-state index < -0.39 is 21.9 Å². The summed E-state index contributed by atoms with van der Waals surface area (Å²) in [7, 11) is -3.13. The van der Waals surface area contributed by atoms with Crippen LogP contribution in [0.25, 0.3) is 5.70 Å². The topological polar surface area (TPSA) is 46.6 Å². The number of ether oxygens (including phenoxy) is 1. The minimum atomic E-state index is -4.84. The Morgan fingerprint density at radius 3 is 2.58 bits per heavy atom. The van der Waals surface area contributed by atoms with Crippen LogP contribution >= 0.6 is 0 Å². The second kappa shape index (κ2) is 5.61. The van der Waals surface area contributed by atoms with Crippen LogP contribution in [0.4, 0.5) is 13.2 Å². The summed E-state index contributed by atoms with van der Waals surface area (Å²) < 4.78 is 55.6. The van der Waals surface area contributed by atoms with Crippen LogP contribution in [0.1, 0.15) is 32.3 Å². The molecule has 2 heterocycles. The van der Waals surface area contributed by atoms with Crippen molar-refractivity contribution in [3.05, 3.63) is 29.8 Å². The van der Waals surface area contributed by atoms with E-state index in [0.29, 0.717) is 36.4 Å². The first kappa shape index (κ1) is 17.0. The number of hydrogen-bond donors (Lipinski definition) is 0. The Balaban J connectivity index is 2.10. The van der Waals surface area contributed by atoms with Crippen LogP contribution in [-0.4, -0.2) is 32.7 Å². The van der Waals surface area contributed by atoms with E-state index in [9.17, 15) is 22.2 Å². The first-order valence-electron chi connectivity index (χ1n) is 7.44. The number of fused-ring (bicyclic) bond motifs is 1. The van der Waals surface area contributed by atoms with E-state index in [4.69, 9.17) is 4.74 Å². The lowest BCUT2D eigenvalue weighted by Crippen LogP contribution is -2.34. The number of benzene rings is 1. The van der Waals surface area contributed by atoms with E-state index in [2.05, 4.69) is 0 Å². The zero-order valence-electron chi connectivity index (χ0n) is 13.1. The smallest absolute Gasteiger partial charge is 0.475 e. The van der Waals surface area contributed by atoms with Crippen LogP contribution in [0.3, 0.4) is 0 Å². The molecule has 4 nitrogen and oxygen atoms in total. The Hall–Kier alpha value is -1.83. The predicted octanol–water partition coefficient (Wildman–Crippen LogP) is 3.45. The van der Waals surface area contributed by atoms with Crippen LogP contribution in [0, 0.1) is 0 Å². The highest BCUT2D eigenvalue weighted by Gasteiger charge is 2.39. The fourth-order valence-corrected chi connectivity index (χ4v) is 3.58. The Morgan fingerprint density at radius 1 is 1.29 bits per heavy atom. The van der Waals surface area contributed by atoms with Crippen LogP contribution in [0.15, 0.2) is 29.2 Å². The first-order valence-corrected chi connectivity index (χ1v) is 8.59. The molecule has 1 aromatic rings. The third-order valence-corrected chi connectivity index (χ3v) is 4.98. The Kier molecular flexibility index (Phi) is 3.98. The highest BCUT2D eigenvalue weighted by atomic mass is 32.2. The van der Waals surface area contributed by atoms with Gasteiger partial charge in [-0.2, -0.15) is 13.2 Å². The Bertz CT molecular complexity index is 755. The van der Waals surface area contributed by atoms with Gasteiger partial charge in [-0.1, -0.05) is 0 Å². The summed E-state index contributed by atoms with van der Waals surface area (Å²) in [5, 5.41) is 0. The van der Waals surface area contributed by atoms with E-state index in [0.717, 1.165) is 6.07 Å². The molecule has 1 unspecified atom stereocenters. The van der Waals surface area contributed by atoms with Gasteiger partial charge in [0.15, 0.2) is 10.8 Å². The van der Waals surface area contributed by atoms with Crippen molar-refractivity contribution in [1.82, 2.24) is 4.90 Å². The van der Waals surface area contributed by atoms with Crippen molar-refractivity contribution in [2.75, 3.05) is 6.54 Å². The molecule has 3 rings (SSSR count). The summed E-state index contributed by atoms with van der Waals surface area (Å²) in [6, 6.07) is 3.72. The van der Waals surface area contributed by atoms with Crippen molar-refractivity contribution < 1.29 is 26.9 Å². The maximum Gasteiger partial charge on any atom is 0.475 e. The molecular weight excluding hydrogens is 343 g/mol. The molecule has 1 aromatic carbocycles. The zero-order valence-corrected chi connectivity index (χ0v) is 14.0. The van der Waals surface area contributed by atoms with Gasteiger partial charge in [-0.3, -0.25) is 4.79 Å². The number of amides is 1. The highest BCUT2D eigenvalue weighted by molar-refractivity contribution is 7.86. The fraction of sp³-hybridized carbons (Fsp3) is 0.438. The Labute approximate surface area is 139 Å². The molecule has 8 heteroatoms. The number of rotatable bonds is 2. The van der Waals surface area contributed by atoms with Gasteiger partial charge in [0.2, 0.25) is 5.91 Å². The first-order chi connectivity index (χ1) is 11.1. The molecule has 24 heavy (non-hydrogen) atoms. The van der Waals surface area contributed by atoms with Crippen LogP contribution in [0.2, 0.25) is 0 Å². The number of nitrogens with zero attached hydrogens (tertiary/aromatic N) is 1. The average Bonchev–Trinajstić information content (AvgIpc) is 2.89. The molecule has 0 aromatic heterocycles. The molecule has 0 spiro atoms. The van der Waals surface area contributed by atoms with Gasteiger partial charge in [0.05, 0.1) is 5.70 Å². The number of alkyl halides is 3. The molecule has 0 N–H and O–H groups in total. The molecule has 1 fully saturated rings. The Morgan fingerprint density at radius 2 is 2.00 bits per heavy atom. The minimum absolute atomic E-state index is 0.0766. The van der Waals surface area contributed by atoms with Crippen LogP contribution in [0.5, 0.6) is 5.75 Å². The van der Waals surface area contributed by atoms with Gasteiger partial charge in [0.25, 0.3) is 0 Å². The molecular formula is C16H16F3NO3S. The monoisotopic (exact) mass is 359 g/mol. The minimum Gasteiger partial charge on any atom is -0.483 e. The molecule has 1 amide bonds. The maximum absolute atomic E-state index is 12.7. The van der Waals surface area contributed by atoms with E-state index in [1.54, 1.807) is 24.8 Å². The number of halogens is 3. The molecule has 0 aliphatic carbocycles.